The second-order valence-corrected chi connectivity index (χ2v) is 6.16. The highest BCUT2D eigenvalue weighted by Crippen LogP contribution is 2.18. The summed E-state index contributed by atoms with van der Waals surface area (Å²) in [6, 6.07) is 12.3. The average Bonchev–Trinajstić information content (AvgIpc) is 3.06. The van der Waals surface area contributed by atoms with Crippen molar-refractivity contribution in [3.8, 4) is 0 Å². The van der Waals surface area contributed by atoms with E-state index in [0.717, 1.165) is 30.5 Å². The van der Waals surface area contributed by atoms with Crippen LogP contribution in [0, 0.1) is 0 Å². The standard InChI is InChI=1S/C19H24N4O2/c1-2-13-6-10-17(21-11-13)18(24)22-15-7-3-14(4-8-15)5-9-16-12-25-19(20)23-16/h3-4,6-8,10-11,16,18,22,24H,2,5,9,12H2,1H3,(H2,20,23). The molecule has 1 aromatic heterocycles. The molecule has 2 aromatic rings. The Morgan fingerprint density at radius 1 is 1.24 bits per heavy atom. The van der Waals surface area contributed by atoms with Gasteiger partial charge in [-0.2, -0.15) is 0 Å². The summed E-state index contributed by atoms with van der Waals surface area (Å²) in [5, 5.41) is 13.3. The number of amidine groups is 1. The molecule has 2 atom stereocenters. The SMILES string of the molecule is CCc1ccc(C(O)Nc2ccc(CCC3COC(N)=N3)cc2)nc1. The van der Waals surface area contributed by atoms with Gasteiger partial charge in [0, 0.05) is 11.9 Å². The number of benzene rings is 1. The van der Waals surface area contributed by atoms with E-state index in [0.29, 0.717) is 18.3 Å². The van der Waals surface area contributed by atoms with Crippen molar-refractivity contribution in [1.29, 1.82) is 0 Å². The molecule has 0 saturated carbocycles. The van der Waals surface area contributed by atoms with Gasteiger partial charge in [0.25, 0.3) is 6.02 Å². The predicted octanol–water partition coefficient (Wildman–Crippen LogP) is 2.39. The molecule has 4 N–H and O–H groups in total. The van der Waals surface area contributed by atoms with Crippen LogP contribution in [0.4, 0.5) is 5.69 Å². The number of aliphatic hydroxyl groups is 1. The van der Waals surface area contributed by atoms with Crippen molar-refractivity contribution in [1.82, 2.24) is 4.98 Å². The third-order valence-corrected chi connectivity index (χ3v) is 4.29. The zero-order valence-corrected chi connectivity index (χ0v) is 14.4. The molecule has 1 aliphatic rings. The number of hydrogen-bond acceptors (Lipinski definition) is 6. The number of hydrogen-bond donors (Lipinski definition) is 3. The van der Waals surface area contributed by atoms with Crippen molar-refractivity contribution >= 4 is 11.7 Å². The van der Waals surface area contributed by atoms with Crippen LogP contribution in [0.2, 0.25) is 0 Å². The van der Waals surface area contributed by atoms with Crippen molar-refractivity contribution < 1.29 is 9.84 Å². The van der Waals surface area contributed by atoms with Crippen LogP contribution in [0.15, 0.2) is 47.6 Å². The quantitative estimate of drug-likeness (QED) is 0.673. The van der Waals surface area contributed by atoms with E-state index in [9.17, 15) is 5.11 Å². The van der Waals surface area contributed by atoms with Crippen LogP contribution in [0.25, 0.3) is 0 Å². The van der Waals surface area contributed by atoms with Gasteiger partial charge in [-0.1, -0.05) is 25.1 Å². The number of nitrogens with one attached hydrogen (secondary N) is 1. The maximum Gasteiger partial charge on any atom is 0.282 e. The molecule has 0 bridgehead atoms. The lowest BCUT2D eigenvalue weighted by Crippen LogP contribution is -2.11. The summed E-state index contributed by atoms with van der Waals surface area (Å²) in [4.78, 5) is 8.52. The van der Waals surface area contributed by atoms with Gasteiger partial charge >= 0.3 is 0 Å². The molecular formula is C19H24N4O2. The number of aliphatic imine (C=N–C) groups is 1. The number of aromatic nitrogens is 1. The van der Waals surface area contributed by atoms with Crippen molar-refractivity contribution in [2.45, 2.75) is 38.5 Å². The van der Waals surface area contributed by atoms with E-state index >= 15 is 0 Å². The van der Waals surface area contributed by atoms with Gasteiger partial charge in [0.1, 0.15) is 6.61 Å². The van der Waals surface area contributed by atoms with Crippen molar-refractivity contribution in [2.24, 2.45) is 10.7 Å². The summed E-state index contributed by atoms with van der Waals surface area (Å²) in [6.45, 7) is 2.65. The molecule has 132 valence electrons. The largest absolute Gasteiger partial charge is 0.463 e. The molecule has 0 aliphatic carbocycles. The van der Waals surface area contributed by atoms with Crippen molar-refractivity contribution in [3.05, 3.63) is 59.4 Å². The molecule has 0 radical (unpaired) electrons. The Hall–Kier alpha value is -2.60. The minimum Gasteiger partial charge on any atom is -0.463 e. The lowest BCUT2D eigenvalue weighted by Gasteiger charge is -2.14. The van der Waals surface area contributed by atoms with Gasteiger partial charge in [-0.15, -0.1) is 0 Å². The maximum atomic E-state index is 10.3. The Morgan fingerprint density at radius 2 is 2.00 bits per heavy atom. The predicted molar refractivity (Wildman–Crippen MR) is 98.3 cm³/mol. The Bertz CT molecular complexity index is 713. The number of ether oxygens (including phenoxy) is 1. The highest BCUT2D eigenvalue weighted by Gasteiger charge is 2.16. The van der Waals surface area contributed by atoms with Gasteiger partial charge in [-0.05, 0) is 48.6 Å². The zero-order valence-electron chi connectivity index (χ0n) is 14.4. The van der Waals surface area contributed by atoms with Crippen molar-refractivity contribution in [2.75, 3.05) is 11.9 Å². The summed E-state index contributed by atoms with van der Waals surface area (Å²) in [7, 11) is 0. The second-order valence-electron chi connectivity index (χ2n) is 6.16. The fourth-order valence-electron chi connectivity index (χ4n) is 2.72. The van der Waals surface area contributed by atoms with Crippen LogP contribution < -0.4 is 11.1 Å². The molecule has 1 aliphatic heterocycles. The second kappa shape index (κ2) is 7.98. The average molecular weight is 340 g/mol. The van der Waals surface area contributed by atoms with Crippen LogP contribution >= 0.6 is 0 Å². The summed E-state index contributed by atoms with van der Waals surface area (Å²) in [5.74, 6) is 0. The number of rotatable bonds is 7. The number of anilines is 1. The molecule has 0 amide bonds. The topological polar surface area (TPSA) is 92.8 Å². The Kier molecular flexibility index (Phi) is 5.50. The van der Waals surface area contributed by atoms with Crippen molar-refractivity contribution in [3.63, 3.8) is 0 Å². The van der Waals surface area contributed by atoms with Gasteiger partial charge in [0.2, 0.25) is 0 Å². The third-order valence-electron chi connectivity index (χ3n) is 4.29. The maximum absolute atomic E-state index is 10.3. The van der Waals surface area contributed by atoms with E-state index in [-0.39, 0.29) is 6.04 Å². The summed E-state index contributed by atoms with van der Waals surface area (Å²) >= 11 is 0. The van der Waals surface area contributed by atoms with E-state index < -0.39 is 6.23 Å². The fraction of sp³-hybridized carbons (Fsp3) is 0.368. The molecular weight excluding hydrogens is 316 g/mol. The molecule has 6 nitrogen and oxygen atoms in total. The van der Waals surface area contributed by atoms with Crippen LogP contribution in [0.3, 0.4) is 0 Å². The molecule has 0 fully saturated rings. The molecule has 1 aromatic carbocycles. The molecule has 0 spiro atoms. The first kappa shape index (κ1) is 17.2. The first-order chi connectivity index (χ1) is 12.1. The number of nitrogens with zero attached hydrogens (tertiary/aromatic N) is 2. The van der Waals surface area contributed by atoms with Gasteiger partial charge < -0.3 is 20.9 Å². The molecule has 2 heterocycles. The monoisotopic (exact) mass is 340 g/mol. The van der Waals surface area contributed by atoms with Gasteiger partial charge in [-0.3, -0.25) is 4.98 Å². The molecule has 2 unspecified atom stereocenters. The van der Waals surface area contributed by atoms with Gasteiger partial charge in [0.15, 0.2) is 6.23 Å². The first-order valence-electron chi connectivity index (χ1n) is 8.58. The van der Waals surface area contributed by atoms with E-state index in [4.69, 9.17) is 10.5 Å². The minimum absolute atomic E-state index is 0.150. The smallest absolute Gasteiger partial charge is 0.282 e. The van der Waals surface area contributed by atoms with E-state index in [2.05, 4.69) is 22.2 Å². The number of nitrogens with two attached hydrogens (primary N) is 1. The summed E-state index contributed by atoms with van der Waals surface area (Å²) < 4.78 is 5.16. The summed E-state index contributed by atoms with van der Waals surface area (Å²) in [6.07, 6.45) is 3.72. The number of aryl methyl sites for hydroxylation is 2. The van der Waals surface area contributed by atoms with Crippen LogP contribution in [-0.2, 0) is 17.6 Å². The minimum atomic E-state index is -0.829. The third kappa shape index (κ3) is 4.70. The number of aliphatic hydroxyl groups excluding tert-OH is 1. The molecule has 0 saturated heterocycles. The normalized spacial score (nSPS) is 17.7. The highest BCUT2D eigenvalue weighted by molar-refractivity contribution is 5.73. The van der Waals surface area contributed by atoms with Crippen LogP contribution in [-0.4, -0.2) is 28.8 Å². The highest BCUT2D eigenvalue weighted by atomic mass is 16.5. The van der Waals surface area contributed by atoms with E-state index in [1.807, 2.05) is 36.4 Å². The van der Waals surface area contributed by atoms with E-state index in [1.54, 1.807) is 6.20 Å². The lowest BCUT2D eigenvalue weighted by atomic mass is 10.1. The molecule has 3 rings (SSSR count). The fourth-order valence-corrected chi connectivity index (χ4v) is 2.72. The zero-order chi connectivity index (χ0) is 17.6. The Morgan fingerprint density at radius 3 is 2.60 bits per heavy atom. The summed E-state index contributed by atoms with van der Waals surface area (Å²) in [5.41, 5.74) is 9.34. The first-order valence-corrected chi connectivity index (χ1v) is 8.58. The molecule has 25 heavy (non-hydrogen) atoms. The molecule has 6 heteroatoms. The van der Waals surface area contributed by atoms with E-state index in [1.165, 1.54) is 5.56 Å². The van der Waals surface area contributed by atoms with Gasteiger partial charge in [0.05, 0.1) is 11.7 Å². The Balaban J connectivity index is 1.52. The lowest BCUT2D eigenvalue weighted by molar-refractivity contribution is 0.203. The van der Waals surface area contributed by atoms with Gasteiger partial charge in [-0.25, -0.2) is 4.99 Å². The van der Waals surface area contributed by atoms with Crippen LogP contribution in [0.5, 0.6) is 0 Å². The Labute approximate surface area is 147 Å². The van der Waals surface area contributed by atoms with Crippen LogP contribution in [0.1, 0.15) is 36.4 Å². The number of pyridine rings is 1.